The van der Waals surface area contributed by atoms with Gasteiger partial charge in [0.25, 0.3) is 0 Å². The van der Waals surface area contributed by atoms with E-state index in [2.05, 4.69) is 254 Å². The van der Waals surface area contributed by atoms with E-state index in [0.717, 1.165) is 22.7 Å². The van der Waals surface area contributed by atoms with Crippen LogP contribution in [0.15, 0.2) is 231 Å². The first-order valence-electron chi connectivity index (χ1n) is 22.4. The Hall–Kier alpha value is -7.94. The van der Waals surface area contributed by atoms with Gasteiger partial charge in [0.1, 0.15) is 0 Å². The number of hydrogen-bond acceptors (Lipinski definition) is 2. The Morgan fingerprint density at radius 2 is 0.781 bits per heavy atom. The minimum Gasteiger partial charge on any atom is -0.310 e. The van der Waals surface area contributed by atoms with E-state index in [9.17, 15) is 0 Å². The predicted molar refractivity (Wildman–Crippen MR) is 267 cm³/mol. The van der Waals surface area contributed by atoms with Crippen LogP contribution in [-0.4, -0.2) is 0 Å². The van der Waals surface area contributed by atoms with Crippen LogP contribution in [0.4, 0.5) is 34.1 Å². The topological polar surface area (TPSA) is 6.48 Å². The highest BCUT2D eigenvalue weighted by Gasteiger charge is 2.53. The first-order chi connectivity index (χ1) is 31.5. The Morgan fingerprint density at radius 3 is 1.42 bits per heavy atom. The molecule has 0 N–H and O–H groups in total. The number of fused-ring (bicyclic) bond motifs is 15. The maximum absolute atomic E-state index is 2.54. The molecule has 0 saturated carbocycles. The van der Waals surface area contributed by atoms with E-state index in [1.165, 1.54) is 88.9 Å². The highest BCUT2D eigenvalue weighted by atomic mass is 15.2. The normalized spacial score (nSPS) is 15.5. The monoisotopic (exact) mass is 816 g/mol. The fourth-order valence-electron chi connectivity index (χ4n) is 11.8. The Bertz CT molecular complexity index is 3440. The summed E-state index contributed by atoms with van der Waals surface area (Å²) in [7, 11) is 0. The maximum atomic E-state index is 2.54. The summed E-state index contributed by atoms with van der Waals surface area (Å²) in [6.07, 6.45) is 0. The molecule has 1 atom stereocenters. The summed E-state index contributed by atoms with van der Waals surface area (Å²) in [5, 5.41) is 2.48. The largest absolute Gasteiger partial charge is 0.310 e. The van der Waals surface area contributed by atoms with Crippen molar-refractivity contribution < 1.29 is 0 Å². The van der Waals surface area contributed by atoms with Crippen LogP contribution in [0, 0.1) is 0 Å². The molecule has 0 aliphatic heterocycles. The molecule has 2 nitrogen and oxygen atoms in total. The zero-order valence-electron chi connectivity index (χ0n) is 35.8. The highest BCUT2D eigenvalue weighted by Crippen LogP contribution is 2.66. The number of rotatable bonds is 6. The van der Waals surface area contributed by atoms with Crippen molar-refractivity contribution in [3.8, 4) is 33.4 Å². The molecular formula is C62H44N2. The van der Waals surface area contributed by atoms with Gasteiger partial charge in [-0.1, -0.05) is 184 Å². The molecule has 13 rings (SSSR count). The van der Waals surface area contributed by atoms with Crippen LogP contribution >= 0.6 is 0 Å². The average molecular weight is 817 g/mol. The Labute approximate surface area is 375 Å². The van der Waals surface area contributed by atoms with Crippen LogP contribution in [0.5, 0.6) is 0 Å². The zero-order chi connectivity index (χ0) is 42.6. The number of hydrogen-bond donors (Lipinski definition) is 0. The van der Waals surface area contributed by atoms with Gasteiger partial charge in [-0.3, -0.25) is 0 Å². The van der Waals surface area contributed by atoms with E-state index in [1.54, 1.807) is 0 Å². The molecule has 2 heteroatoms. The van der Waals surface area contributed by atoms with Gasteiger partial charge in [0, 0.05) is 39.1 Å². The standard InChI is InChI=1S/C62H44N2/c1-61(2)52-32-17-16-31-50(52)59-55(61)35-20-36-57(59)64(43-25-10-5-11-26-43)58-40-51-46-28-15-19-34-54(46)62(60(51)49-30-13-12-29-48(49)58)53-33-18-14-27-45(53)47-38-37-44(39-56(47)62)63(41-21-6-3-7-22-41)42-23-8-4-9-24-42/h3-40H,1-2H3. The van der Waals surface area contributed by atoms with Gasteiger partial charge >= 0.3 is 0 Å². The van der Waals surface area contributed by atoms with Gasteiger partial charge < -0.3 is 9.80 Å². The van der Waals surface area contributed by atoms with Crippen molar-refractivity contribution in [2.45, 2.75) is 24.7 Å². The quantitative estimate of drug-likeness (QED) is 0.165. The summed E-state index contributed by atoms with van der Waals surface area (Å²) in [4.78, 5) is 4.94. The summed E-state index contributed by atoms with van der Waals surface area (Å²) in [6.45, 7) is 4.74. The van der Waals surface area contributed by atoms with Crippen LogP contribution in [0.1, 0.15) is 47.2 Å². The van der Waals surface area contributed by atoms with E-state index >= 15 is 0 Å². The molecule has 10 aromatic carbocycles. The average Bonchev–Trinajstić information content (AvgIpc) is 3.91. The van der Waals surface area contributed by atoms with E-state index in [-0.39, 0.29) is 5.41 Å². The number of benzene rings is 10. The van der Waals surface area contributed by atoms with Gasteiger partial charge in [0.05, 0.1) is 16.8 Å². The van der Waals surface area contributed by atoms with Crippen molar-refractivity contribution >= 4 is 44.9 Å². The lowest BCUT2D eigenvalue weighted by atomic mass is 9.69. The van der Waals surface area contributed by atoms with Gasteiger partial charge in [-0.05, 0) is 127 Å². The fourth-order valence-corrected chi connectivity index (χ4v) is 11.8. The van der Waals surface area contributed by atoms with E-state index in [0.29, 0.717) is 0 Å². The van der Waals surface area contributed by atoms with Crippen LogP contribution in [0.3, 0.4) is 0 Å². The van der Waals surface area contributed by atoms with Crippen LogP contribution in [0.25, 0.3) is 44.2 Å². The van der Waals surface area contributed by atoms with E-state index in [4.69, 9.17) is 0 Å². The molecule has 0 amide bonds. The number of anilines is 6. The lowest BCUT2D eigenvalue weighted by Crippen LogP contribution is -2.26. The van der Waals surface area contributed by atoms with Crippen molar-refractivity contribution in [2.24, 2.45) is 0 Å². The second kappa shape index (κ2) is 13.8. The summed E-state index contributed by atoms with van der Waals surface area (Å²) in [6, 6.07) is 85.7. The molecule has 3 aliphatic rings. The SMILES string of the molecule is CC1(C)c2ccccc2-c2c(N(c3ccccc3)c3cc4c(c5ccccc35)C3(c5ccccc5-c5ccc(N(c6ccccc6)c6ccccc6)cc53)c3ccccc3-4)cccc21. The van der Waals surface area contributed by atoms with Crippen molar-refractivity contribution in [3.63, 3.8) is 0 Å². The first-order valence-corrected chi connectivity index (χ1v) is 22.4. The van der Waals surface area contributed by atoms with Crippen molar-refractivity contribution in [2.75, 3.05) is 9.80 Å². The second-order valence-corrected chi connectivity index (χ2v) is 18.0. The van der Waals surface area contributed by atoms with Crippen LogP contribution < -0.4 is 9.80 Å². The lowest BCUT2D eigenvalue weighted by Gasteiger charge is -2.34. The van der Waals surface area contributed by atoms with Crippen molar-refractivity contribution in [1.82, 2.24) is 0 Å². The number of nitrogens with zero attached hydrogens (tertiary/aromatic N) is 2. The Morgan fingerprint density at radius 1 is 0.297 bits per heavy atom. The van der Waals surface area contributed by atoms with Crippen molar-refractivity contribution in [3.05, 3.63) is 264 Å². The van der Waals surface area contributed by atoms with Gasteiger partial charge in [0.2, 0.25) is 0 Å². The molecule has 1 unspecified atom stereocenters. The fraction of sp³-hybridized carbons (Fsp3) is 0.0645. The van der Waals surface area contributed by atoms with Crippen LogP contribution in [-0.2, 0) is 10.8 Å². The maximum Gasteiger partial charge on any atom is 0.0732 e. The molecule has 3 aliphatic carbocycles. The highest BCUT2D eigenvalue weighted by molar-refractivity contribution is 6.11. The molecule has 0 aromatic heterocycles. The number of para-hydroxylation sites is 3. The molecule has 10 aromatic rings. The summed E-state index contributed by atoms with van der Waals surface area (Å²) >= 11 is 0. The van der Waals surface area contributed by atoms with Crippen molar-refractivity contribution in [1.29, 1.82) is 0 Å². The first kappa shape index (κ1) is 36.7. The smallest absolute Gasteiger partial charge is 0.0732 e. The van der Waals surface area contributed by atoms with Gasteiger partial charge in [0.15, 0.2) is 0 Å². The third kappa shape index (κ3) is 4.97. The zero-order valence-corrected chi connectivity index (χ0v) is 35.8. The molecule has 64 heavy (non-hydrogen) atoms. The Balaban J connectivity index is 1.12. The second-order valence-electron chi connectivity index (χ2n) is 18.0. The van der Waals surface area contributed by atoms with E-state index in [1.807, 2.05) is 0 Å². The molecule has 302 valence electrons. The molecular weight excluding hydrogens is 773 g/mol. The molecule has 0 heterocycles. The van der Waals surface area contributed by atoms with E-state index < -0.39 is 5.41 Å². The minimum atomic E-state index is -0.570. The van der Waals surface area contributed by atoms with Gasteiger partial charge in [-0.25, -0.2) is 0 Å². The summed E-state index contributed by atoms with van der Waals surface area (Å²) in [5.74, 6) is 0. The third-order valence-corrected chi connectivity index (χ3v) is 14.4. The minimum absolute atomic E-state index is 0.131. The van der Waals surface area contributed by atoms with Crippen LogP contribution in [0.2, 0.25) is 0 Å². The van der Waals surface area contributed by atoms with Gasteiger partial charge in [-0.2, -0.15) is 0 Å². The molecule has 0 radical (unpaired) electrons. The summed E-state index contributed by atoms with van der Waals surface area (Å²) < 4.78 is 0. The molecule has 0 bridgehead atoms. The molecule has 0 saturated heterocycles. The predicted octanol–water partition coefficient (Wildman–Crippen LogP) is 16.4. The van der Waals surface area contributed by atoms with Gasteiger partial charge in [-0.15, -0.1) is 0 Å². The Kier molecular flexibility index (Phi) is 7.90. The summed E-state index contributed by atoms with van der Waals surface area (Å²) in [5.41, 5.74) is 21.9. The lowest BCUT2D eigenvalue weighted by molar-refractivity contribution is 0.660. The molecule has 0 fully saturated rings. The third-order valence-electron chi connectivity index (χ3n) is 14.4. The molecule has 1 spiro atoms.